The Balaban J connectivity index is 2.38. The van der Waals surface area contributed by atoms with Gasteiger partial charge in [0.1, 0.15) is 11.5 Å². The predicted molar refractivity (Wildman–Crippen MR) is 93.3 cm³/mol. The van der Waals surface area contributed by atoms with Crippen molar-refractivity contribution in [2.45, 2.75) is 18.2 Å². The van der Waals surface area contributed by atoms with Crippen LogP contribution in [0.5, 0.6) is 11.5 Å². The van der Waals surface area contributed by atoms with Gasteiger partial charge in [-0.15, -0.1) is 0 Å². The van der Waals surface area contributed by atoms with Crippen LogP contribution in [0.3, 0.4) is 0 Å². The third-order valence-corrected chi connectivity index (χ3v) is 4.95. The fourth-order valence-electron chi connectivity index (χ4n) is 2.74. The zero-order chi connectivity index (χ0) is 18.2. The monoisotopic (exact) mass is 362 g/mol. The van der Waals surface area contributed by atoms with Gasteiger partial charge in [-0.2, -0.15) is 0 Å². The van der Waals surface area contributed by atoms with E-state index in [-0.39, 0.29) is 4.90 Å². The molecule has 2 N–H and O–H groups in total. The summed E-state index contributed by atoms with van der Waals surface area (Å²) in [5.74, 6) is 0.954. The van der Waals surface area contributed by atoms with Gasteiger partial charge in [0.25, 0.3) is 0 Å². The van der Waals surface area contributed by atoms with Crippen LogP contribution >= 0.6 is 0 Å². The maximum atomic E-state index is 12.0. The van der Waals surface area contributed by atoms with Crippen molar-refractivity contribution >= 4 is 21.0 Å². The largest absolute Gasteiger partial charge is 0.497 e. The van der Waals surface area contributed by atoms with E-state index in [1.54, 1.807) is 24.3 Å². The molecule has 0 fully saturated rings. The van der Waals surface area contributed by atoms with E-state index in [4.69, 9.17) is 19.1 Å². The van der Waals surface area contributed by atoms with Crippen molar-refractivity contribution in [3.8, 4) is 22.6 Å². The number of rotatable bonds is 5. The molecule has 0 saturated heterocycles. The summed E-state index contributed by atoms with van der Waals surface area (Å²) >= 11 is 0. The van der Waals surface area contributed by atoms with Crippen molar-refractivity contribution in [2.24, 2.45) is 5.14 Å². The highest BCUT2D eigenvalue weighted by Gasteiger charge is 2.21. The van der Waals surface area contributed by atoms with Crippen LogP contribution in [0.1, 0.15) is 12.6 Å². The first kappa shape index (κ1) is 17.2. The Morgan fingerprint density at radius 1 is 1.12 bits per heavy atom. The summed E-state index contributed by atoms with van der Waals surface area (Å²) in [6.45, 7) is 1.96. The number of hydrogen-bond donors (Lipinski definition) is 1. The van der Waals surface area contributed by atoms with E-state index < -0.39 is 10.0 Å². The number of nitrogens with two attached hydrogens (primary N) is 1. The number of fused-ring (bicyclic) bond motifs is 1. The van der Waals surface area contributed by atoms with Crippen LogP contribution in [0.15, 0.2) is 39.8 Å². The molecule has 8 heteroatoms. The zero-order valence-electron chi connectivity index (χ0n) is 14.1. The Bertz CT molecular complexity index is 1040. The second-order valence-electron chi connectivity index (χ2n) is 5.44. The number of benzene rings is 2. The van der Waals surface area contributed by atoms with E-state index in [0.29, 0.717) is 34.6 Å². The number of hydrogen-bond acceptors (Lipinski definition) is 6. The fourth-order valence-corrected chi connectivity index (χ4v) is 3.48. The fraction of sp³-hybridized carbons (Fsp3) is 0.235. The molecule has 2 aromatic carbocycles. The average Bonchev–Trinajstić information content (AvgIpc) is 3.01. The molecule has 0 aliphatic heterocycles. The molecule has 3 rings (SSSR count). The van der Waals surface area contributed by atoms with Gasteiger partial charge in [0.15, 0.2) is 5.58 Å². The Hall–Kier alpha value is -2.58. The number of nitrogens with zero attached hydrogens (tertiary/aromatic N) is 1. The van der Waals surface area contributed by atoms with Crippen LogP contribution in [0.4, 0.5) is 0 Å². The quantitative estimate of drug-likeness (QED) is 0.748. The third kappa shape index (κ3) is 3.06. The second kappa shape index (κ2) is 6.38. The molecule has 25 heavy (non-hydrogen) atoms. The summed E-state index contributed by atoms with van der Waals surface area (Å²) in [5.41, 5.74) is 2.30. The van der Waals surface area contributed by atoms with E-state index in [1.807, 2.05) is 6.92 Å². The summed E-state index contributed by atoms with van der Waals surface area (Å²) in [7, 11) is -0.933. The molecule has 132 valence electrons. The highest BCUT2D eigenvalue weighted by Crippen LogP contribution is 2.39. The number of aryl methyl sites for hydroxylation is 1. The molecular weight excluding hydrogens is 344 g/mol. The summed E-state index contributed by atoms with van der Waals surface area (Å²) in [5, 5.41) is 10.2. The number of ether oxygens (including phenoxy) is 2. The van der Waals surface area contributed by atoms with E-state index >= 15 is 0 Å². The average molecular weight is 362 g/mol. The molecule has 0 radical (unpaired) electrons. The van der Waals surface area contributed by atoms with E-state index in [0.717, 1.165) is 11.1 Å². The minimum absolute atomic E-state index is 0.0135. The van der Waals surface area contributed by atoms with Crippen LogP contribution < -0.4 is 14.6 Å². The lowest BCUT2D eigenvalue weighted by atomic mass is 10.0. The Morgan fingerprint density at radius 2 is 1.88 bits per heavy atom. The summed E-state index contributed by atoms with van der Waals surface area (Å²) in [4.78, 5) is -0.0135. The summed E-state index contributed by atoms with van der Waals surface area (Å²) < 4.78 is 40.0. The lowest BCUT2D eigenvalue weighted by Crippen LogP contribution is -2.13. The van der Waals surface area contributed by atoms with Crippen molar-refractivity contribution in [3.05, 3.63) is 36.0 Å². The lowest BCUT2D eigenvalue weighted by molar-refractivity contribution is 0.411. The van der Waals surface area contributed by atoms with Crippen LogP contribution in [0, 0.1) is 0 Å². The molecule has 0 aliphatic carbocycles. The van der Waals surface area contributed by atoms with E-state index in [1.165, 1.54) is 20.3 Å². The van der Waals surface area contributed by atoms with Crippen LogP contribution in [-0.2, 0) is 16.4 Å². The number of methoxy groups -OCH3 is 2. The first-order valence-corrected chi connectivity index (χ1v) is 9.11. The first-order chi connectivity index (χ1) is 11.9. The second-order valence-corrected chi connectivity index (χ2v) is 6.97. The van der Waals surface area contributed by atoms with Crippen molar-refractivity contribution < 1.29 is 22.4 Å². The zero-order valence-corrected chi connectivity index (χ0v) is 14.9. The molecule has 0 atom stereocenters. The maximum Gasteiger partial charge on any atom is 0.238 e. The van der Waals surface area contributed by atoms with E-state index in [9.17, 15) is 8.42 Å². The molecule has 1 heterocycles. The predicted octanol–water partition coefficient (Wildman–Crippen LogP) is 2.72. The molecule has 0 spiro atoms. The first-order valence-electron chi connectivity index (χ1n) is 7.56. The smallest absolute Gasteiger partial charge is 0.238 e. The van der Waals surface area contributed by atoms with Gasteiger partial charge >= 0.3 is 0 Å². The standard InChI is InChI=1S/C17H18N2O5S/c1-4-14-13-8-11(15(23-3)9-16(13)24-19-14)12-7-10(22-2)5-6-17(12)25(18,20)21/h5-9H,4H2,1-3H3,(H2,18,20,21). The third-order valence-electron chi connectivity index (χ3n) is 3.99. The SMILES string of the molecule is CCc1noc2cc(OC)c(-c3cc(OC)ccc3S(N)(=O)=O)cc12. The Labute approximate surface area is 145 Å². The number of primary sulfonamides is 1. The van der Waals surface area contributed by atoms with Crippen molar-refractivity contribution in [1.29, 1.82) is 0 Å². The van der Waals surface area contributed by atoms with Crippen LogP contribution in [-0.4, -0.2) is 27.8 Å². The summed E-state index contributed by atoms with van der Waals surface area (Å²) in [6, 6.07) is 8.06. The van der Waals surface area contributed by atoms with Gasteiger partial charge in [-0.25, -0.2) is 13.6 Å². The molecular formula is C17H18N2O5S. The summed E-state index contributed by atoms with van der Waals surface area (Å²) in [6.07, 6.45) is 0.679. The van der Waals surface area contributed by atoms with Gasteiger partial charge in [0, 0.05) is 22.6 Å². The van der Waals surface area contributed by atoms with Gasteiger partial charge in [0.2, 0.25) is 10.0 Å². The van der Waals surface area contributed by atoms with E-state index in [2.05, 4.69) is 5.16 Å². The van der Waals surface area contributed by atoms with Crippen molar-refractivity contribution in [3.63, 3.8) is 0 Å². The van der Waals surface area contributed by atoms with Gasteiger partial charge < -0.3 is 14.0 Å². The Morgan fingerprint density at radius 3 is 2.48 bits per heavy atom. The minimum atomic E-state index is -3.94. The van der Waals surface area contributed by atoms with Crippen LogP contribution in [0.25, 0.3) is 22.1 Å². The topological polar surface area (TPSA) is 105 Å². The minimum Gasteiger partial charge on any atom is -0.497 e. The molecule has 1 aromatic heterocycles. The van der Waals surface area contributed by atoms with Gasteiger partial charge in [0.05, 0.1) is 24.8 Å². The maximum absolute atomic E-state index is 12.0. The highest BCUT2D eigenvalue weighted by atomic mass is 32.2. The van der Waals surface area contributed by atoms with Gasteiger partial charge in [-0.3, -0.25) is 0 Å². The molecule has 0 aliphatic rings. The molecule has 0 amide bonds. The van der Waals surface area contributed by atoms with Crippen molar-refractivity contribution in [1.82, 2.24) is 5.16 Å². The number of aromatic nitrogens is 1. The molecule has 0 unspecified atom stereocenters. The van der Waals surface area contributed by atoms with Crippen LogP contribution in [0.2, 0.25) is 0 Å². The van der Waals surface area contributed by atoms with Gasteiger partial charge in [-0.05, 0) is 30.7 Å². The lowest BCUT2D eigenvalue weighted by Gasteiger charge is -2.13. The molecule has 7 nitrogen and oxygen atoms in total. The Kier molecular flexibility index (Phi) is 4.40. The normalized spacial score (nSPS) is 11.7. The molecule has 0 saturated carbocycles. The van der Waals surface area contributed by atoms with Crippen molar-refractivity contribution in [2.75, 3.05) is 14.2 Å². The molecule has 0 bridgehead atoms. The van der Waals surface area contributed by atoms with Gasteiger partial charge in [-0.1, -0.05) is 12.1 Å². The molecule has 3 aromatic rings. The number of sulfonamides is 1. The highest BCUT2D eigenvalue weighted by molar-refractivity contribution is 7.89.